The summed E-state index contributed by atoms with van der Waals surface area (Å²) in [6.07, 6.45) is 0.691. The van der Waals surface area contributed by atoms with E-state index in [1.165, 1.54) is 11.8 Å². The maximum absolute atomic E-state index is 12.6. The molecule has 30 heavy (non-hydrogen) atoms. The van der Waals surface area contributed by atoms with Crippen LogP contribution in [-0.2, 0) is 11.2 Å². The molecule has 1 amide bonds. The molecule has 1 N–H and O–H groups in total. The Morgan fingerprint density at radius 3 is 2.73 bits per heavy atom. The molecule has 8 heteroatoms. The average Bonchev–Trinajstić information content (AvgIpc) is 3.16. The minimum atomic E-state index is -0.188. The summed E-state index contributed by atoms with van der Waals surface area (Å²) >= 11 is 1.32. The second kappa shape index (κ2) is 8.62. The number of furan rings is 1. The van der Waals surface area contributed by atoms with Gasteiger partial charge in [0.15, 0.2) is 5.58 Å². The molecule has 0 radical (unpaired) electrons. The van der Waals surface area contributed by atoms with E-state index in [1.807, 2.05) is 31.2 Å². The fourth-order valence-electron chi connectivity index (χ4n) is 3.10. The van der Waals surface area contributed by atoms with Crippen molar-refractivity contribution in [3.63, 3.8) is 0 Å². The van der Waals surface area contributed by atoms with Gasteiger partial charge in [0.2, 0.25) is 5.91 Å². The highest BCUT2D eigenvalue weighted by Crippen LogP contribution is 2.34. The van der Waals surface area contributed by atoms with Gasteiger partial charge >= 0.3 is 0 Å². The summed E-state index contributed by atoms with van der Waals surface area (Å²) in [6.45, 7) is 2.00. The molecule has 0 unspecified atom stereocenters. The van der Waals surface area contributed by atoms with Gasteiger partial charge in [-0.2, -0.15) is 0 Å². The Hall–Kier alpha value is -3.26. The minimum Gasteiger partial charge on any atom is -0.497 e. The zero-order chi connectivity index (χ0) is 21.1. The molecule has 7 nitrogen and oxygen atoms in total. The first-order valence-corrected chi connectivity index (χ1v) is 10.4. The highest BCUT2D eigenvalue weighted by molar-refractivity contribution is 8.00. The molecule has 0 bridgehead atoms. The number of ether oxygens (including phenoxy) is 2. The Morgan fingerprint density at radius 2 is 1.97 bits per heavy atom. The van der Waals surface area contributed by atoms with E-state index in [1.54, 1.807) is 32.4 Å². The smallest absolute Gasteiger partial charge is 0.234 e. The number of fused-ring (bicyclic) bond motifs is 3. The van der Waals surface area contributed by atoms with Gasteiger partial charge in [0.1, 0.15) is 33.4 Å². The normalized spacial score (nSPS) is 11.0. The first-order chi connectivity index (χ1) is 14.6. The Bertz CT molecular complexity index is 1220. The molecule has 0 aliphatic carbocycles. The van der Waals surface area contributed by atoms with E-state index in [9.17, 15) is 4.79 Å². The van der Waals surface area contributed by atoms with E-state index in [2.05, 4.69) is 15.3 Å². The molecule has 2 aromatic carbocycles. The second-order valence-corrected chi connectivity index (χ2v) is 7.44. The molecule has 0 atom stereocenters. The van der Waals surface area contributed by atoms with Crippen LogP contribution in [0.25, 0.3) is 22.1 Å². The van der Waals surface area contributed by atoms with Crippen LogP contribution < -0.4 is 14.8 Å². The Balaban J connectivity index is 1.58. The molecular formula is C22H21N3O4S. The summed E-state index contributed by atoms with van der Waals surface area (Å²) < 4.78 is 16.5. The van der Waals surface area contributed by atoms with Gasteiger partial charge in [0.25, 0.3) is 0 Å². The zero-order valence-electron chi connectivity index (χ0n) is 16.9. The number of anilines is 1. The summed E-state index contributed by atoms with van der Waals surface area (Å²) in [4.78, 5) is 21.8. The number of benzene rings is 2. The van der Waals surface area contributed by atoms with Crippen LogP contribution in [0.4, 0.5) is 5.69 Å². The Kier molecular flexibility index (Phi) is 5.76. The van der Waals surface area contributed by atoms with E-state index in [4.69, 9.17) is 13.9 Å². The number of rotatable bonds is 7. The third kappa shape index (κ3) is 3.91. The lowest BCUT2D eigenvalue weighted by Crippen LogP contribution is -2.15. The lowest BCUT2D eigenvalue weighted by Gasteiger charge is -2.11. The van der Waals surface area contributed by atoms with E-state index >= 15 is 0 Å². The van der Waals surface area contributed by atoms with E-state index < -0.39 is 0 Å². The van der Waals surface area contributed by atoms with Gasteiger partial charge < -0.3 is 19.2 Å². The van der Waals surface area contributed by atoms with Crippen molar-refractivity contribution in [2.24, 2.45) is 0 Å². The van der Waals surface area contributed by atoms with Crippen molar-refractivity contribution in [2.75, 3.05) is 25.3 Å². The van der Waals surface area contributed by atoms with Crippen molar-refractivity contribution in [1.29, 1.82) is 0 Å². The van der Waals surface area contributed by atoms with Crippen molar-refractivity contribution in [2.45, 2.75) is 18.4 Å². The van der Waals surface area contributed by atoms with Gasteiger partial charge in [-0.05, 0) is 24.3 Å². The molecule has 2 heterocycles. The van der Waals surface area contributed by atoms with Crippen LogP contribution in [0.1, 0.15) is 12.7 Å². The number of nitrogens with zero attached hydrogens (tertiary/aromatic N) is 2. The van der Waals surface area contributed by atoms with Crippen molar-refractivity contribution in [3.8, 4) is 11.5 Å². The molecule has 2 aromatic heterocycles. The quantitative estimate of drug-likeness (QED) is 0.341. The van der Waals surface area contributed by atoms with Gasteiger partial charge in [-0.15, -0.1) is 0 Å². The van der Waals surface area contributed by atoms with Crippen LogP contribution >= 0.6 is 11.8 Å². The van der Waals surface area contributed by atoms with Crippen molar-refractivity contribution < 1.29 is 18.7 Å². The molecule has 154 valence electrons. The summed E-state index contributed by atoms with van der Waals surface area (Å²) in [5.41, 5.74) is 2.68. The van der Waals surface area contributed by atoms with E-state index in [0.29, 0.717) is 40.0 Å². The highest BCUT2D eigenvalue weighted by Gasteiger charge is 2.17. The molecule has 0 saturated heterocycles. The van der Waals surface area contributed by atoms with Crippen LogP contribution in [0.2, 0.25) is 0 Å². The van der Waals surface area contributed by atoms with Crippen LogP contribution in [0.3, 0.4) is 0 Å². The molecule has 0 spiro atoms. The van der Waals surface area contributed by atoms with Crippen LogP contribution in [-0.4, -0.2) is 35.8 Å². The number of carbonyl (C=O) groups is 1. The first kappa shape index (κ1) is 20.0. The number of carbonyl (C=O) groups excluding carboxylic acids is 1. The maximum Gasteiger partial charge on any atom is 0.234 e. The first-order valence-electron chi connectivity index (χ1n) is 9.45. The predicted molar refractivity (Wildman–Crippen MR) is 118 cm³/mol. The van der Waals surface area contributed by atoms with Gasteiger partial charge in [-0.1, -0.05) is 30.8 Å². The number of methoxy groups -OCH3 is 2. The second-order valence-electron chi connectivity index (χ2n) is 6.48. The SMILES string of the molecule is CCc1nc(SCC(=O)Nc2cc(OC)ccc2OC)c2oc3ccccc3c2n1. The molecule has 0 aliphatic rings. The zero-order valence-corrected chi connectivity index (χ0v) is 17.7. The lowest BCUT2D eigenvalue weighted by molar-refractivity contribution is -0.113. The third-order valence-corrected chi connectivity index (χ3v) is 5.53. The fourth-order valence-corrected chi connectivity index (χ4v) is 3.88. The van der Waals surface area contributed by atoms with Crippen LogP contribution in [0.15, 0.2) is 51.9 Å². The number of hydrogen-bond acceptors (Lipinski definition) is 7. The average molecular weight is 423 g/mol. The number of hydrogen-bond donors (Lipinski definition) is 1. The van der Waals surface area contributed by atoms with E-state index in [-0.39, 0.29) is 11.7 Å². The number of nitrogens with one attached hydrogen (secondary N) is 1. The fraction of sp³-hybridized carbons (Fsp3) is 0.227. The maximum atomic E-state index is 12.6. The molecule has 4 rings (SSSR count). The van der Waals surface area contributed by atoms with Gasteiger partial charge in [0, 0.05) is 17.9 Å². The molecular weight excluding hydrogens is 402 g/mol. The summed E-state index contributed by atoms with van der Waals surface area (Å²) in [6, 6.07) is 13.0. The molecule has 0 fully saturated rings. The lowest BCUT2D eigenvalue weighted by atomic mass is 10.2. The predicted octanol–water partition coefficient (Wildman–Crippen LogP) is 4.69. The number of aryl methyl sites for hydroxylation is 1. The Morgan fingerprint density at radius 1 is 1.13 bits per heavy atom. The molecule has 0 aliphatic heterocycles. The largest absolute Gasteiger partial charge is 0.497 e. The number of thioether (sulfide) groups is 1. The van der Waals surface area contributed by atoms with Crippen LogP contribution in [0, 0.1) is 0 Å². The summed E-state index contributed by atoms with van der Waals surface area (Å²) in [5, 5.41) is 4.47. The number of para-hydroxylation sites is 1. The van der Waals surface area contributed by atoms with E-state index in [0.717, 1.165) is 16.5 Å². The topological polar surface area (TPSA) is 86.5 Å². The number of amides is 1. The van der Waals surface area contributed by atoms with Crippen molar-refractivity contribution >= 4 is 45.4 Å². The standard InChI is InChI=1S/C22H21N3O4S/c1-4-18-24-20-14-7-5-6-8-16(14)29-21(20)22(25-18)30-12-19(26)23-15-11-13(27-2)9-10-17(15)28-3/h5-11H,4,12H2,1-3H3,(H,23,26). The van der Waals surface area contributed by atoms with Crippen molar-refractivity contribution in [1.82, 2.24) is 9.97 Å². The summed E-state index contributed by atoms with van der Waals surface area (Å²) in [7, 11) is 3.12. The minimum absolute atomic E-state index is 0.159. The van der Waals surface area contributed by atoms with Gasteiger partial charge in [-0.25, -0.2) is 9.97 Å². The van der Waals surface area contributed by atoms with Gasteiger partial charge in [-0.3, -0.25) is 4.79 Å². The highest BCUT2D eigenvalue weighted by atomic mass is 32.2. The molecule has 4 aromatic rings. The number of aromatic nitrogens is 2. The third-order valence-electron chi connectivity index (χ3n) is 4.57. The van der Waals surface area contributed by atoms with Crippen molar-refractivity contribution in [3.05, 3.63) is 48.3 Å². The Labute approximate surface area is 177 Å². The van der Waals surface area contributed by atoms with Crippen LogP contribution in [0.5, 0.6) is 11.5 Å². The molecule has 0 saturated carbocycles. The summed E-state index contributed by atoms with van der Waals surface area (Å²) in [5.74, 6) is 1.88. The van der Waals surface area contributed by atoms with Gasteiger partial charge in [0.05, 0.1) is 25.7 Å². The monoisotopic (exact) mass is 423 g/mol.